The van der Waals surface area contributed by atoms with Crippen molar-refractivity contribution in [2.24, 2.45) is 0 Å². The molecule has 0 aliphatic rings. The number of para-hydroxylation sites is 1. The van der Waals surface area contributed by atoms with Crippen molar-refractivity contribution in [3.63, 3.8) is 0 Å². The van der Waals surface area contributed by atoms with Crippen LogP contribution in [-0.4, -0.2) is 35.7 Å². The third-order valence-corrected chi connectivity index (χ3v) is 6.77. The number of carbonyl (C=O) groups excluding carboxylic acids is 1. The van der Waals surface area contributed by atoms with Crippen LogP contribution in [0.2, 0.25) is 0 Å². The first-order chi connectivity index (χ1) is 16.4. The fraction of sp³-hybridized carbons (Fsp3) is 0.160. The highest BCUT2D eigenvalue weighted by Gasteiger charge is 2.20. The smallest absolute Gasteiger partial charge is 0.258 e. The van der Waals surface area contributed by atoms with Crippen molar-refractivity contribution in [3.8, 4) is 0 Å². The largest absolute Gasteiger partial charge is 0.331 e. The van der Waals surface area contributed by atoms with Crippen LogP contribution in [0.25, 0.3) is 10.9 Å². The van der Waals surface area contributed by atoms with E-state index in [1.165, 1.54) is 23.1 Å². The van der Waals surface area contributed by atoms with Crippen LogP contribution in [-0.2, 0) is 23.1 Å². The van der Waals surface area contributed by atoms with Gasteiger partial charge in [0.25, 0.3) is 11.5 Å². The molecule has 2 N–H and O–H groups in total. The standard InChI is InChI=1S/C25H24N4O4S/c1-2-29(17-23-27-22-14-7-6-13-21(22)24(30)28-23)25(31)19-11-8-12-20(15-19)34(32,33)26-16-18-9-4-3-5-10-18/h3-15,26H,2,16-17H2,1H3,(H,27,28,30). The molecule has 34 heavy (non-hydrogen) atoms. The van der Waals surface area contributed by atoms with Crippen molar-refractivity contribution >= 4 is 26.8 Å². The van der Waals surface area contributed by atoms with Gasteiger partial charge >= 0.3 is 0 Å². The molecule has 9 heteroatoms. The summed E-state index contributed by atoms with van der Waals surface area (Å²) < 4.78 is 28.1. The summed E-state index contributed by atoms with van der Waals surface area (Å²) in [7, 11) is -3.82. The maximum atomic E-state index is 13.2. The lowest BCUT2D eigenvalue weighted by atomic mass is 10.2. The van der Waals surface area contributed by atoms with Crippen molar-refractivity contribution in [2.75, 3.05) is 6.54 Å². The average Bonchev–Trinajstić information content (AvgIpc) is 2.86. The fourth-order valence-electron chi connectivity index (χ4n) is 3.55. The molecule has 4 aromatic rings. The molecule has 0 saturated heterocycles. The van der Waals surface area contributed by atoms with E-state index in [2.05, 4.69) is 14.7 Å². The van der Waals surface area contributed by atoms with Gasteiger partial charge in [0, 0.05) is 18.7 Å². The minimum Gasteiger partial charge on any atom is -0.331 e. The molecule has 3 aromatic carbocycles. The van der Waals surface area contributed by atoms with E-state index >= 15 is 0 Å². The van der Waals surface area contributed by atoms with Gasteiger partial charge in [0.2, 0.25) is 10.0 Å². The van der Waals surface area contributed by atoms with E-state index in [-0.39, 0.29) is 35.0 Å². The van der Waals surface area contributed by atoms with E-state index in [0.29, 0.717) is 23.3 Å². The van der Waals surface area contributed by atoms with Gasteiger partial charge in [-0.2, -0.15) is 0 Å². The number of sulfonamides is 1. The minimum absolute atomic E-state index is 0.00238. The highest BCUT2D eigenvalue weighted by molar-refractivity contribution is 7.89. The van der Waals surface area contributed by atoms with E-state index in [0.717, 1.165) is 5.56 Å². The Morgan fingerprint density at radius 1 is 1.00 bits per heavy atom. The van der Waals surface area contributed by atoms with Crippen molar-refractivity contribution in [2.45, 2.75) is 24.9 Å². The second kappa shape index (κ2) is 9.98. The Hall–Kier alpha value is -3.82. The number of amides is 1. The summed E-state index contributed by atoms with van der Waals surface area (Å²) in [5.74, 6) is -0.00868. The number of nitrogens with zero attached hydrogens (tertiary/aromatic N) is 2. The summed E-state index contributed by atoms with van der Waals surface area (Å²) in [5.41, 5.74) is 1.32. The lowest BCUT2D eigenvalue weighted by Gasteiger charge is -2.21. The number of hydrogen-bond acceptors (Lipinski definition) is 5. The van der Waals surface area contributed by atoms with Gasteiger partial charge in [-0.3, -0.25) is 9.59 Å². The zero-order valence-electron chi connectivity index (χ0n) is 18.6. The third kappa shape index (κ3) is 5.22. The van der Waals surface area contributed by atoms with Crippen LogP contribution in [0.15, 0.2) is 88.6 Å². The Labute approximate surface area is 197 Å². The molecular weight excluding hydrogens is 452 g/mol. The summed E-state index contributed by atoms with van der Waals surface area (Å²) >= 11 is 0. The molecule has 1 heterocycles. The van der Waals surface area contributed by atoms with E-state index in [1.54, 1.807) is 37.3 Å². The first-order valence-corrected chi connectivity index (χ1v) is 12.3. The van der Waals surface area contributed by atoms with E-state index in [1.807, 2.05) is 30.3 Å². The molecule has 0 fully saturated rings. The number of H-pyrrole nitrogens is 1. The van der Waals surface area contributed by atoms with Gasteiger partial charge in [-0.05, 0) is 42.8 Å². The van der Waals surface area contributed by atoms with Crippen LogP contribution in [0.3, 0.4) is 0 Å². The van der Waals surface area contributed by atoms with Crippen molar-refractivity contribution in [1.82, 2.24) is 19.6 Å². The van der Waals surface area contributed by atoms with Crippen LogP contribution in [0.4, 0.5) is 0 Å². The highest BCUT2D eigenvalue weighted by atomic mass is 32.2. The first kappa shape index (κ1) is 23.3. The van der Waals surface area contributed by atoms with Crippen LogP contribution < -0.4 is 10.3 Å². The van der Waals surface area contributed by atoms with Crippen molar-refractivity contribution in [1.29, 1.82) is 0 Å². The number of aromatic nitrogens is 2. The first-order valence-electron chi connectivity index (χ1n) is 10.8. The van der Waals surface area contributed by atoms with Gasteiger partial charge in [0.15, 0.2) is 0 Å². The van der Waals surface area contributed by atoms with E-state index in [4.69, 9.17) is 0 Å². The van der Waals surface area contributed by atoms with Crippen LogP contribution >= 0.6 is 0 Å². The molecule has 1 amide bonds. The Bertz CT molecular complexity index is 1480. The van der Waals surface area contributed by atoms with Crippen molar-refractivity contribution in [3.05, 3.63) is 106 Å². The lowest BCUT2D eigenvalue weighted by molar-refractivity contribution is 0.0748. The predicted octanol–water partition coefficient (Wildman–Crippen LogP) is 3.06. The Morgan fingerprint density at radius 3 is 2.50 bits per heavy atom. The molecule has 1 aromatic heterocycles. The number of rotatable bonds is 8. The second-order valence-electron chi connectivity index (χ2n) is 7.69. The summed E-state index contributed by atoms with van der Waals surface area (Å²) in [5, 5.41) is 0.474. The molecule has 0 radical (unpaired) electrons. The Balaban J connectivity index is 1.54. The van der Waals surface area contributed by atoms with Gasteiger partial charge in [-0.1, -0.05) is 48.5 Å². The van der Waals surface area contributed by atoms with Gasteiger partial charge < -0.3 is 9.88 Å². The molecule has 0 aliphatic heterocycles. The fourth-order valence-corrected chi connectivity index (χ4v) is 4.62. The number of hydrogen-bond donors (Lipinski definition) is 2. The number of fused-ring (bicyclic) bond motifs is 1. The second-order valence-corrected chi connectivity index (χ2v) is 9.45. The van der Waals surface area contributed by atoms with Gasteiger partial charge in [-0.25, -0.2) is 18.1 Å². The molecule has 0 bridgehead atoms. The SMILES string of the molecule is CCN(Cc1nc2ccccc2c(=O)[nH]1)C(=O)c1cccc(S(=O)(=O)NCc2ccccc2)c1. The minimum atomic E-state index is -3.82. The molecule has 0 saturated carbocycles. The predicted molar refractivity (Wildman–Crippen MR) is 130 cm³/mol. The molecule has 0 atom stereocenters. The van der Waals surface area contributed by atoms with E-state index in [9.17, 15) is 18.0 Å². The Morgan fingerprint density at radius 2 is 1.74 bits per heavy atom. The highest BCUT2D eigenvalue weighted by Crippen LogP contribution is 2.15. The molecule has 0 unspecified atom stereocenters. The summed E-state index contributed by atoms with van der Waals surface area (Å²) in [6.45, 7) is 2.37. The normalized spacial score (nSPS) is 11.4. The topological polar surface area (TPSA) is 112 Å². The van der Waals surface area contributed by atoms with Crippen LogP contribution in [0.5, 0.6) is 0 Å². The zero-order chi connectivity index (χ0) is 24.1. The summed E-state index contributed by atoms with van der Waals surface area (Å²) in [4.78, 5) is 34.2. The number of aromatic amines is 1. The maximum Gasteiger partial charge on any atom is 0.258 e. The number of nitrogens with one attached hydrogen (secondary N) is 2. The molecule has 0 spiro atoms. The van der Waals surface area contributed by atoms with E-state index < -0.39 is 10.0 Å². The molecule has 174 valence electrons. The van der Waals surface area contributed by atoms with Crippen LogP contribution in [0, 0.1) is 0 Å². The molecule has 4 rings (SSSR count). The maximum absolute atomic E-state index is 13.2. The van der Waals surface area contributed by atoms with Gasteiger partial charge in [0.1, 0.15) is 5.82 Å². The molecule has 0 aliphatic carbocycles. The Kier molecular flexibility index (Phi) is 6.85. The summed E-state index contributed by atoms with van der Waals surface area (Å²) in [6.07, 6.45) is 0. The molecular formula is C25H24N4O4S. The zero-order valence-corrected chi connectivity index (χ0v) is 19.4. The van der Waals surface area contributed by atoms with Crippen molar-refractivity contribution < 1.29 is 13.2 Å². The third-order valence-electron chi connectivity index (χ3n) is 5.37. The van der Waals surface area contributed by atoms with Crippen LogP contribution in [0.1, 0.15) is 28.7 Å². The van der Waals surface area contributed by atoms with Gasteiger partial charge in [-0.15, -0.1) is 0 Å². The average molecular weight is 477 g/mol. The quantitative estimate of drug-likeness (QED) is 0.406. The molecule has 8 nitrogen and oxygen atoms in total. The lowest BCUT2D eigenvalue weighted by Crippen LogP contribution is -2.32. The number of carbonyl (C=O) groups is 1. The van der Waals surface area contributed by atoms with Gasteiger partial charge in [0.05, 0.1) is 22.3 Å². The number of benzene rings is 3. The summed E-state index contributed by atoms with van der Waals surface area (Å²) in [6, 6.07) is 22.1. The monoisotopic (exact) mass is 476 g/mol.